The highest BCUT2D eigenvalue weighted by Gasteiger charge is 2.31. The number of aliphatic hydroxyl groups is 1. The van der Waals surface area contributed by atoms with Gasteiger partial charge in [-0.1, -0.05) is 18.2 Å². The van der Waals surface area contributed by atoms with Crippen LogP contribution < -0.4 is 4.90 Å². The average molecular weight is 191 g/mol. The van der Waals surface area contributed by atoms with E-state index in [9.17, 15) is 4.79 Å². The molecule has 0 unspecified atom stereocenters. The molecule has 74 valence electrons. The predicted molar refractivity (Wildman–Crippen MR) is 54.0 cm³/mol. The van der Waals surface area contributed by atoms with E-state index in [2.05, 4.69) is 0 Å². The minimum atomic E-state index is -0.0371. The number of benzene rings is 1. The Kier molecular flexibility index (Phi) is 2.50. The Labute approximate surface area is 83.0 Å². The fourth-order valence-electron chi connectivity index (χ4n) is 1.86. The second kappa shape index (κ2) is 3.80. The molecule has 0 spiro atoms. The minimum absolute atomic E-state index is 0.0371. The van der Waals surface area contributed by atoms with Gasteiger partial charge in [0.25, 0.3) is 0 Å². The Hall–Kier alpha value is -1.35. The number of hydrogen-bond acceptors (Lipinski definition) is 2. The minimum Gasteiger partial charge on any atom is -0.394 e. The first kappa shape index (κ1) is 9.21. The molecule has 1 aromatic carbocycles. The number of carbonyl (C=O) groups is 1. The van der Waals surface area contributed by atoms with Crippen molar-refractivity contribution in [3.05, 3.63) is 30.3 Å². The van der Waals surface area contributed by atoms with E-state index in [1.807, 2.05) is 30.3 Å². The highest BCUT2D eigenvalue weighted by molar-refractivity contribution is 5.96. The number of amides is 1. The molecule has 3 heteroatoms. The van der Waals surface area contributed by atoms with Crippen LogP contribution >= 0.6 is 0 Å². The first-order valence-electron chi connectivity index (χ1n) is 4.81. The molecule has 14 heavy (non-hydrogen) atoms. The lowest BCUT2D eigenvalue weighted by molar-refractivity contribution is -0.117. The summed E-state index contributed by atoms with van der Waals surface area (Å²) in [5, 5.41) is 9.12. The maximum Gasteiger partial charge on any atom is 0.227 e. The topological polar surface area (TPSA) is 40.5 Å². The van der Waals surface area contributed by atoms with Gasteiger partial charge in [0, 0.05) is 12.1 Å². The highest BCUT2D eigenvalue weighted by Crippen LogP contribution is 2.25. The summed E-state index contributed by atoms with van der Waals surface area (Å²) in [5.41, 5.74) is 0.883. The van der Waals surface area contributed by atoms with Crippen LogP contribution in [0.4, 0.5) is 5.69 Å². The summed E-state index contributed by atoms with van der Waals surface area (Å²) < 4.78 is 0. The molecular weight excluding hydrogens is 178 g/mol. The van der Waals surface area contributed by atoms with Gasteiger partial charge in [-0.15, -0.1) is 0 Å². The third kappa shape index (κ3) is 1.51. The van der Waals surface area contributed by atoms with Crippen LogP contribution in [0.2, 0.25) is 0 Å². The molecule has 1 N–H and O–H groups in total. The molecule has 1 fully saturated rings. The number of anilines is 1. The summed E-state index contributed by atoms with van der Waals surface area (Å²) >= 11 is 0. The van der Waals surface area contributed by atoms with Gasteiger partial charge in [-0.3, -0.25) is 4.79 Å². The summed E-state index contributed by atoms with van der Waals surface area (Å²) in [5.74, 6) is 0.107. The molecule has 1 aromatic rings. The van der Waals surface area contributed by atoms with Crippen molar-refractivity contribution in [3.63, 3.8) is 0 Å². The Balaban J connectivity index is 2.28. The predicted octanol–water partition coefficient (Wildman–Crippen LogP) is 1.17. The molecule has 1 atom stereocenters. The molecule has 0 saturated carbocycles. The summed E-state index contributed by atoms with van der Waals surface area (Å²) in [6.07, 6.45) is 1.30. The van der Waals surface area contributed by atoms with Crippen molar-refractivity contribution in [2.75, 3.05) is 11.5 Å². The van der Waals surface area contributed by atoms with Crippen molar-refractivity contribution >= 4 is 11.6 Å². The normalized spacial score (nSPS) is 21.6. The molecule has 3 nitrogen and oxygen atoms in total. The molecule has 1 heterocycles. The standard InChI is InChI=1S/C11H13NO2/c13-8-10-6-7-11(14)12(10)9-4-2-1-3-5-9/h1-5,10,13H,6-8H2/t10-/m0/s1. The molecule has 1 aliphatic heterocycles. The fraction of sp³-hybridized carbons (Fsp3) is 0.364. The molecule has 1 amide bonds. The number of hydrogen-bond donors (Lipinski definition) is 1. The van der Waals surface area contributed by atoms with E-state index in [0.29, 0.717) is 6.42 Å². The van der Waals surface area contributed by atoms with Gasteiger partial charge in [-0.2, -0.15) is 0 Å². The van der Waals surface area contributed by atoms with Crippen LogP contribution in [-0.4, -0.2) is 23.7 Å². The van der Waals surface area contributed by atoms with E-state index in [4.69, 9.17) is 5.11 Å². The van der Waals surface area contributed by atoms with Gasteiger partial charge < -0.3 is 10.0 Å². The Bertz CT molecular complexity index is 323. The average Bonchev–Trinajstić information content (AvgIpc) is 2.61. The number of para-hydroxylation sites is 1. The number of carbonyl (C=O) groups excluding carboxylic acids is 1. The van der Waals surface area contributed by atoms with Crippen LogP contribution in [0.15, 0.2) is 30.3 Å². The van der Waals surface area contributed by atoms with Gasteiger partial charge in [-0.25, -0.2) is 0 Å². The van der Waals surface area contributed by atoms with Crippen LogP contribution in [0.3, 0.4) is 0 Å². The van der Waals surface area contributed by atoms with E-state index in [0.717, 1.165) is 12.1 Å². The molecular formula is C11H13NO2. The monoisotopic (exact) mass is 191 g/mol. The van der Waals surface area contributed by atoms with Crippen molar-refractivity contribution in [2.24, 2.45) is 0 Å². The molecule has 1 aliphatic rings. The van der Waals surface area contributed by atoms with E-state index in [1.54, 1.807) is 4.90 Å². The smallest absolute Gasteiger partial charge is 0.227 e. The van der Waals surface area contributed by atoms with Gasteiger partial charge in [0.15, 0.2) is 0 Å². The first-order valence-corrected chi connectivity index (χ1v) is 4.81. The maximum atomic E-state index is 11.6. The van der Waals surface area contributed by atoms with Crippen molar-refractivity contribution in [1.82, 2.24) is 0 Å². The van der Waals surface area contributed by atoms with E-state index in [1.165, 1.54) is 0 Å². The van der Waals surface area contributed by atoms with E-state index >= 15 is 0 Å². The zero-order valence-corrected chi connectivity index (χ0v) is 7.89. The number of aliphatic hydroxyl groups excluding tert-OH is 1. The van der Waals surface area contributed by atoms with Gasteiger partial charge in [-0.05, 0) is 18.6 Å². The fourth-order valence-corrected chi connectivity index (χ4v) is 1.86. The summed E-state index contributed by atoms with van der Waals surface area (Å²) in [7, 11) is 0. The van der Waals surface area contributed by atoms with Crippen LogP contribution in [-0.2, 0) is 4.79 Å². The maximum absolute atomic E-state index is 11.6. The van der Waals surface area contributed by atoms with Crippen molar-refractivity contribution < 1.29 is 9.90 Å². The van der Waals surface area contributed by atoms with E-state index < -0.39 is 0 Å². The van der Waals surface area contributed by atoms with Crippen molar-refractivity contribution in [1.29, 1.82) is 0 Å². The quantitative estimate of drug-likeness (QED) is 0.762. The van der Waals surface area contributed by atoms with Crippen LogP contribution in [0.25, 0.3) is 0 Å². The molecule has 0 bridgehead atoms. The summed E-state index contributed by atoms with van der Waals surface area (Å²) in [6.45, 7) is 0.0423. The molecule has 2 rings (SSSR count). The van der Waals surface area contributed by atoms with Gasteiger partial charge in [0.05, 0.1) is 12.6 Å². The summed E-state index contributed by atoms with van der Waals surface area (Å²) in [4.78, 5) is 13.3. The lowest BCUT2D eigenvalue weighted by Crippen LogP contribution is -2.35. The zero-order valence-electron chi connectivity index (χ0n) is 7.89. The van der Waals surface area contributed by atoms with Gasteiger partial charge >= 0.3 is 0 Å². The van der Waals surface area contributed by atoms with Crippen LogP contribution in [0.5, 0.6) is 0 Å². The first-order chi connectivity index (χ1) is 6.83. The van der Waals surface area contributed by atoms with E-state index in [-0.39, 0.29) is 18.6 Å². The zero-order chi connectivity index (χ0) is 9.97. The Morgan fingerprint density at radius 2 is 2.07 bits per heavy atom. The SMILES string of the molecule is O=C1CC[C@@H](CO)N1c1ccccc1. The second-order valence-electron chi connectivity index (χ2n) is 3.47. The third-order valence-corrected chi connectivity index (χ3v) is 2.57. The number of rotatable bonds is 2. The number of nitrogens with zero attached hydrogens (tertiary/aromatic N) is 1. The van der Waals surface area contributed by atoms with Crippen molar-refractivity contribution in [3.8, 4) is 0 Å². The van der Waals surface area contributed by atoms with Gasteiger partial charge in [0.2, 0.25) is 5.91 Å². The molecule has 0 aromatic heterocycles. The molecule has 0 radical (unpaired) electrons. The lowest BCUT2D eigenvalue weighted by atomic mass is 10.2. The Morgan fingerprint density at radius 3 is 2.71 bits per heavy atom. The van der Waals surface area contributed by atoms with Gasteiger partial charge in [0.1, 0.15) is 0 Å². The van der Waals surface area contributed by atoms with Crippen LogP contribution in [0, 0.1) is 0 Å². The largest absolute Gasteiger partial charge is 0.394 e. The third-order valence-electron chi connectivity index (χ3n) is 2.57. The Morgan fingerprint density at radius 1 is 1.36 bits per heavy atom. The molecule has 0 aliphatic carbocycles. The van der Waals surface area contributed by atoms with Crippen LogP contribution in [0.1, 0.15) is 12.8 Å². The summed E-state index contributed by atoms with van der Waals surface area (Å²) in [6, 6.07) is 9.46. The van der Waals surface area contributed by atoms with Crippen molar-refractivity contribution in [2.45, 2.75) is 18.9 Å². The highest BCUT2D eigenvalue weighted by atomic mass is 16.3. The molecule has 1 saturated heterocycles. The second-order valence-corrected chi connectivity index (χ2v) is 3.47. The lowest BCUT2D eigenvalue weighted by Gasteiger charge is -2.22.